The minimum Gasteiger partial charge on any atom is -0.370 e. The van der Waals surface area contributed by atoms with Crippen LogP contribution in [0.5, 0.6) is 0 Å². The minimum atomic E-state index is -0.0576. The van der Waals surface area contributed by atoms with Gasteiger partial charge in [-0.15, -0.1) is 11.3 Å². The van der Waals surface area contributed by atoms with Crippen LogP contribution in [0.3, 0.4) is 0 Å². The number of rotatable bonds is 4. The van der Waals surface area contributed by atoms with Crippen LogP contribution in [0.4, 0.5) is 0 Å². The summed E-state index contributed by atoms with van der Waals surface area (Å²) in [5, 5.41) is 4.86. The van der Waals surface area contributed by atoms with E-state index < -0.39 is 0 Å². The number of nitrogens with one attached hydrogen (secondary N) is 1. The number of hydrogen-bond donors (Lipinski definition) is 1. The maximum atomic E-state index is 12.0. The third-order valence-electron chi connectivity index (χ3n) is 3.60. The number of aryl methyl sites for hydroxylation is 1. The van der Waals surface area contributed by atoms with E-state index >= 15 is 0 Å². The van der Waals surface area contributed by atoms with Crippen molar-refractivity contribution in [2.75, 3.05) is 6.61 Å². The fourth-order valence-corrected chi connectivity index (χ4v) is 3.20. The standard InChI is InChI=1S/C16H19N3O2S/c1-11-6-14(22-10-11)16(20)19-9-12-7-17-15(18-8-12)13-4-2-3-5-21-13/h6-8,10,13H,2-5,9H2,1H3,(H,19,20)/t13-/m1/s1. The summed E-state index contributed by atoms with van der Waals surface area (Å²) < 4.78 is 5.67. The highest BCUT2D eigenvalue weighted by Gasteiger charge is 2.18. The van der Waals surface area contributed by atoms with Crippen LogP contribution >= 0.6 is 11.3 Å². The van der Waals surface area contributed by atoms with Gasteiger partial charge in [0, 0.05) is 31.1 Å². The lowest BCUT2D eigenvalue weighted by atomic mass is 10.1. The van der Waals surface area contributed by atoms with E-state index in [1.165, 1.54) is 11.3 Å². The van der Waals surface area contributed by atoms with Crippen LogP contribution in [0.15, 0.2) is 23.8 Å². The van der Waals surface area contributed by atoms with E-state index in [0.717, 1.165) is 47.7 Å². The summed E-state index contributed by atoms with van der Waals surface area (Å²) in [5.74, 6) is 0.682. The molecular weight excluding hydrogens is 298 g/mol. The third kappa shape index (κ3) is 3.69. The summed E-state index contributed by atoms with van der Waals surface area (Å²) in [6.45, 7) is 3.20. The van der Waals surface area contributed by atoms with Gasteiger partial charge in [-0.1, -0.05) is 0 Å². The molecule has 0 aromatic carbocycles. The van der Waals surface area contributed by atoms with E-state index in [9.17, 15) is 4.79 Å². The Hall–Kier alpha value is -1.79. The van der Waals surface area contributed by atoms with E-state index in [0.29, 0.717) is 6.54 Å². The van der Waals surface area contributed by atoms with Gasteiger partial charge < -0.3 is 10.1 Å². The molecule has 0 aliphatic carbocycles. The van der Waals surface area contributed by atoms with Crippen molar-refractivity contribution in [3.63, 3.8) is 0 Å². The molecule has 2 aromatic heterocycles. The number of thiophene rings is 1. The molecule has 3 rings (SSSR count). The molecule has 0 saturated carbocycles. The lowest BCUT2D eigenvalue weighted by Crippen LogP contribution is -2.22. The monoisotopic (exact) mass is 317 g/mol. The molecule has 0 spiro atoms. The zero-order chi connectivity index (χ0) is 15.4. The Morgan fingerprint density at radius 3 is 2.86 bits per heavy atom. The molecule has 1 N–H and O–H groups in total. The predicted molar refractivity (Wildman–Crippen MR) is 84.8 cm³/mol. The molecule has 0 radical (unpaired) electrons. The van der Waals surface area contributed by atoms with Gasteiger partial charge in [-0.2, -0.15) is 0 Å². The third-order valence-corrected chi connectivity index (χ3v) is 4.65. The zero-order valence-corrected chi connectivity index (χ0v) is 13.4. The lowest BCUT2D eigenvalue weighted by Gasteiger charge is -2.21. The summed E-state index contributed by atoms with van der Waals surface area (Å²) in [6, 6.07) is 1.89. The molecule has 2 aromatic rings. The number of ether oxygens (including phenoxy) is 1. The van der Waals surface area contributed by atoms with Gasteiger partial charge in [0.05, 0.1) is 4.88 Å². The lowest BCUT2D eigenvalue weighted by molar-refractivity contribution is 0.00940. The average Bonchev–Trinajstić information content (AvgIpc) is 3.00. The van der Waals surface area contributed by atoms with Gasteiger partial charge in [0.1, 0.15) is 6.10 Å². The normalized spacial score (nSPS) is 18.1. The summed E-state index contributed by atoms with van der Waals surface area (Å²) in [6.07, 6.45) is 6.80. The molecule has 1 aliphatic rings. The molecule has 1 atom stereocenters. The zero-order valence-electron chi connectivity index (χ0n) is 12.5. The fourth-order valence-electron chi connectivity index (χ4n) is 2.39. The van der Waals surface area contributed by atoms with Gasteiger partial charge in [-0.05, 0) is 43.2 Å². The Kier molecular flexibility index (Phi) is 4.80. The van der Waals surface area contributed by atoms with E-state index in [4.69, 9.17) is 4.74 Å². The maximum Gasteiger partial charge on any atom is 0.261 e. The minimum absolute atomic E-state index is 0.0199. The first-order valence-electron chi connectivity index (χ1n) is 7.48. The molecule has 1 aliphatic heterocycles. The maximum absolute atomic E-state index is 12.0. The van der Waals surface area contributed by atoms with Crippen molar-refractivity contribution >= 4 is 17.2 Å². The van der Waals surface area contributed by atoms with Crippen molar-refractivity contribution in [1.82, 2.24) is 15.3 Å². The SMILES string of the molecule is Cc1csc(C(=O)NCc2cnc([C@H]3CCCCO3)nc2)c1. The quantitative estimate of drug-likeness (QED) is 0.941. The van der Waals surface area contributed by atoms with Crippen LogP contribution in [0.1, 0.15) is 52.0 Å². The van der Waals surface area contributed by atoms with Gasteiger partial charge in [-0.3, -0.25) is 4.79 Å². The molecule has 1 saturated heterocycles. The summed E-state index contributed by atoms with van der Waals surface area (Å²) >= 11 is 1.45. The Morgan fingerprint density at radius 2 is 2.23 bits per heavy atom. The van der Waals surface area contributed by atoms with Crippen molar-refractivity contribution in [3.05, 3.63) is 45.7 Å². The number of amides is 1. The fraction of sp³-hybridized carbons (Fsp3) is 0.438. The second-order valence-corrected chi connectivity index (χ2v) is 6.39. The molecule has 116 valence electrons. The molecule has 1 fully saturated rings. The van der Waals surface area contributed by atoms with Crippen LogP contribution in [0, 0.1) is 6.92 Å². The number of nitrogens with zero attached hydrogens (tertiary/aromatic N) is 2. The van der Waals surface area contributed by atoms with Gasteiger partial charge >= 0.3 is 0 Å². The van der Waals surface area contributed by atoms with Crippen LogP contribution in [0.25, 0.3) is 0 Å². The topological polar surface area (TPSA) is 64.1 Å². The van der Waals surface area contributed by atoms with Crippen molar-refractivity contribution < 1.29 is 9.53 Å². The highest BCUT2D eigenvalue weighted by Crippen LogP contribution is 2.24. The van der Waals surface area contributed by atoms with E-state index in [-0.39, 0.29) is 12.0 Å². The first-order valence-corrected chi connectivity index (χ1v) is 8.36. The molecule has 0 unspecified atom stereocenters. The molecule has 22 heavy (non-hydrogen) atoms. The average molecular weight is 317 g/mol. The first-order chi connectivity index (χ1) is 10.7. The van der Waals surface area contributed by atoms with Crippen LogP contribution in [0.2, 0.25) is 0 Å². The van der Waals surface area contributed by atoms with Gasteiger partial charge in [-0.25, -0.2) is 9.97 Å². The van der Waals surface area contributed by atoms with Gasteiger partial charge in [0.15, 0.2) is 5.82 Å². The first kappa shape index (κ1) is 15.1. The Bertz CT molecular complexity index is 633. The van der Waals surface area contributed by atoms with Crippen molar-refractivity contribution in [1.29, 1.82) is 0 Å². The Labute approximate surface area is 133 Å². The molecule has 3 heterocycles. The smallest absolute Gasteiger partial charge is 0.261 e. The highest BCUT2D eigenvalue weighted by atomic mass is 32.1. The van der Waals surface area contributed by atoms with Crippen molar-refractivity contribution in [2.45, 2.75) is 38.8 Å². The second-order valence-electron chi connectivity index (χ2n) is 5.48. The van der Waals surface area contributed by atoms with Crippen LogP contribution < -0.4 is 5.32 Å². The Balaban J connectivity index is 1.55. The predicted octanol–water partition coefficient (Wildman–Crippen LogP) is 3.02. The number of carbonyl (C=O) groups excluding carboxylic acids is 1. The largest absolute Gasteiger partial charge is 0.370 e. The summed E-state index contributed by atoms with van der Waals surface area (Å²) in [4.78, 5) is 21.5. The van der Waals surface area contributed by atoms with Gasteiger partial charge in [0.2, 0.25) is 0 Å². The Morgan fingerprint density at radius 1 is 1.41 bits per heavy atom. The molecule has 1 amide bonds. The summed E-state index contributed by atoms with van der Waals surface area (Å²) in [7, 11) is 0. The number of hydrogen-bond acceptors (Lipinski definition) is 5. The van der Waals surface area contributed by atoms with E-state index in [1.54, 1.807) is 12.4 Å². The number of aromatic nitrogens is 2. The van der Waals surface area contributed by atoms with E-state index in [2.05, 4.69) is 15.3 Å². The van der Waals surface area contributed by atoms with Crippen LogP contribution in [-0.4, -0.2) is 22.5 Å². The number of carbonyl (C=O) groups is 1. The van der Waals surface area contributed by atoms with Crippen molar-refractivity contribution in [2.24, 2.45) is 0 Å². The van der Waals surface area contributed by atoms with E-state index in [1.807, 2.05) is 18.4 Å². The second kappa shape index (κ2) is 6.98. The molecular formula is C16H19N3O2S. The molecule has 5 nitrogen and oxygen atoms in total. The van der Waals surface area contributed by atoms with Gasteiger partial charge in [0.25, 0.3) is 5.91 Å². The molecule has 0 bridgehead atoms. The van der Waals surface area contributed by atoms with Crippen LogP contribution in [-0.2, 0) is 11.3 Å². The molecule has 6 heteroatoms. The summed E-state index contributed by atoms with van der Waals surface area (Å²) in [5.41, 5.74) is 2.00. The van der Waals surface area contributed by atoms with Crippen molar-refractivity contribution in [3.8, 4) is 0 Å². The highest BCUT2D eigenvalue weighted by molar-refractivity contribution is 7.12.